The third kappa shape index (κ3) is 9.67. The van der Waals surface area contributed by atoms with Crippen LogP contribution in [0, 0.1) is 12.3 Å². The second-order valence-electron chi connectivity index (χ2n) is 5.58. The van der Waals surface area contributed by atoms with E-state index in [1.165, 1.54) is 5.56 Å². The summed E-state index contributed by atoms with van der Waals surface area (Å²) in [6.07, 6.45) is 0. The van der Waals surface area contributed by atoms with Crippen molar-refractivity contribution < 1.29 is 19.9 Å². The molecule has 4 nitrogen and oxygen atoms in total. The Morgan fingerprint density at radius 3 is 1.89 bits per heavy atom. The fourth-order valence-corrected chi connectivity index (χ4v) is 1.16. The van der Waals surface area contributed by atoms with E-state index in [1.807, 2.05) is 31.2 Å². The van der Waals surface area contributed by atoms with Gasteiger partial charge in [-0.1, -0.05) is 50.6 Å². The number of aliphatic hydroxyl groups excluding tert-OH is 2. The second-order valence-corrected chi connectivity index (χ2v) is 5.58. The van der Waals surface area contributed by atoms with E-state index >= 15 is 0 Å². The van der Waals surface area contributed by atoms with Crippen LogP contribution in [0.5, 0.6) is 0 Å². The first-order valence-corrected chi connectivity index (χ1v) is 6.38. The highest BCUT2D eigenvalue weighted by Crippen LogP contribution is 2.13. The topological polar surface area (TPSA) is 69.9 Å². The first-order chi connectivity index (χ1) is 8.80. The van der Waals surface area contributed by atoms with E-state index in [4.69, 9.17) is 14.9 Å². The maximum absolute atomic E-state index is 9.75. The Balaban J connectivity index is 0.000000711. The molecule has 0 aliphatic carbocycles. The predicted octanol–water partition coefficient (Wildman–Crippen LogP) is 0.716. The van der Waals surface area contributed by atoms with E-state index in [2.05, 4.69) is 20.8 Å². The van der Waals surface area contributed by atoms with Gasteiger partial charge < -0.3 is 19.9 Å². The highest BCUT2D eigenvalue weighted by Gasteiger charge is 2.19. The van der Waals surface area contributed by atoms with Gasteiger partial charge in [-0.2, -0.15) is 0 Å². The number of aryl methyl sites for hydroxylation is 1. The van der Waals surface area contributed by atoms with Crippen LogP contribution in [0.3, 0.4) is 0 Å². The fourth-order valence-electron chi connectivity index (χ4n) is 1.16. The normalized spacial score (nSPS) is 10.7. The van der Waals surface area contributed by atoms with Crippen molar-refractivity contribution in [2.24, 2.45) is 5.41 Å². The van der Waals surface area contributed by atoms with E-state index in [0.29, 0.717) is 6.61 Å². The summed E-state index contributed by atoms with van der Waals surface area (Å²) in [5.74, 6) is 0. The molecule has 0 saturated heterocycles. The summed E-state index contributed by atoms with van der Waals surface area (Å²) >= 11 is 0. The molecule has 3 N–H and O–H groups in total. The van der Waals surface area contributed by atoms with Crippen molar-refractivity contribution in [3.8, 4) is 0 Å². The molecular formula is C14H25BO4. The molecule has 5 heteroatoms. The molecule has 0 fully saturated rings. The van der Waals surface area contributed by atoms with Crippen molar-refractivity contribution in [1.82, 2.24) is 0 Å². The minimum Gasteiger partial charge on any atom is -0.423 e. The zero-order valence-electron chi connectivity index (χ0n) is 12.3. The third-order valence-electron chi connectivity index (χ3n) is 2.14. The van der Waals surface area contributed by atoms with Crippen molar-refractivity contribution in [1.29, 1.82) is 0 Å². The Morgan fingerprint density at radius 2 is 1.53 bits per heavy atom. The number of aliphatic hydroxyl groups is 2. The molecule has 0 aromatic heterocycles. The van der Waals surface area contributed by atoms with Gasteiger partial charge in [0.15, 0.2) is 0 Å². The molecule has 0 saturated carbocycles. The summed E-state index contributed by atoms with van der Waals surface area (Å²) in [7, 11) is -0.815. The first-order valence-electron chi connectivity index (χ1n) is 6.38. The van der Waals surface area contributed by atoms with Crippen LogP contribution in [0.2, 0.25) is 0 Å². The van der Waals surface area contributed by atoms with Gasteiger partial charge in [-0.3, -0.25) is 0 Å². The van der Waals surface area contributed by atoms with Gasteiger partial charge in [0.05, 0.1) is 13.2 Å². The highest BCUT2D eigenvalue weighted by molar-refractivity contribution is 6.59. The van der Waals surface area contributed by atoms with Crippen molar-refractivity contribution in [3.63, 3.8) is 0 Å². The number of hydrogen-bond acceptors (Lipinski definition) is 4. The molecule has 0 heterocycles. The van der Waals surface area contributed by atoms with Gasteiger partial charge in [0.25, 0.3) is 0 Å². The van der Waals surface area contributed by atoms with Crippen LogP contribution in [0.25, 0.3) is 0 Å². The van der Waals surface area contributed by atoms with Gasteiger partial charge in [0.1, 0.15) is 0 Å². The third-order valence-corrected chi connectivity index (χ3v) is 2.14. The lowest BCUT2D eigenvalue weighted by Gasteiger charge is -2.19. The molecule has 0 unspecified atom stereocenters. The van der Waals surface area contributed by atoms with Gasteiger partial charge in [-0.25, -0.2) is 0 Å². The van der Waals surface area contributed by atoms with Gasteiger partial charge in [0, 0.05) is 6.61 Å². The molecule has 19 heavy (non-hydrogen) atoms. The van der Waals surface area contributed by atoms with Crippen LogP contribution >= 0.6 is 0 Å². The molecule has 1 aromatic carbocycles. The zero-order chi connectivity index (χ0) is 14.9. The quantitative estimate of drug-likeness (QED) is 0.704. The summed E-state index contributed by atoms with van der Waals surface area (Å²) in [4.78, 5) is 0. The van der Waals surface area contributed by atoms with Crippen LogP contribution in [0.1, 0.15) is 26.3 Å². The highest BCUT2D eigenvalue weighted by atomic mass is 16.5. The number of benzene rings is 1. The van der Waals surface area contributed by atoms with Crippen LogP contribution in [-0.4, -0.2) is 42.2 Å². The van der Waals surface area contributed by atoms with Crippen molar-refractivity contribution >= 4 is 12.6 Å². The average molecular weight is 268 g/mol. The average Bonchev–Trinajstić information content (AvgIpc) is 2.36. The van der Waals surface area contributed by atoms with Crippen LogP contribution in [0.4, 0.5) is 0 Å². The van der Waals surface area contributed by atoms with E-state index in [1.54, 1.807) is 0 Å². The summed E-state index contributed by atoms with van der Waals surface area (Å²) < 4.78 is 5.39. The smallest absolute Gasteiger partial charge is 0.423 e. The van der Waals surface area contributed by atoms with Gasteiger partial charge in [0.2, 0.25) is 0 Å². The predicted molar refractivity (Wildman–Crippen MR) is 78.4 cm³/mol. The molecular weight excluding hydrogens is 243 g/mol. The SMILES string of the molecule is Cc1ccc(B(O)OCC(C)(C)C)cc1.OCCO. The Kier molecular flexibility index (Phi) is 8.68. The fraction of sp³-hybridized carbons (Fsp3) is 0.571. The van der Waals surface area contributed by atoms with Crippen molar-refractivity contribution in [3.05, 3.63) is 29.8 Å². The van der Waals surface area contributed by atoms with Gasteiger partial charge >= 0.3 is 7.12 Å². The summed E-state index contributed by atoms with van der Waals surface area (Å²) in [5.41, 5.74) is 2.07. The minimum absolute atomic E-state index is 0.0751. The van der Waals surface area contributed by atoms with Crippen molar-refractivity contribution in [2.45, 2.75) is 27.7 Å². The molecule has 0 atom stereocenters. The number of rotatable bonds is 4. The van der Waals surface area contributed by atoms with E-state index < -0.39 is 7.12 Å². The van der Waals surface area contributed by atoms with E-state index in [9.17, 15) is 5.02 Å². The molecule has 0 aliphatic rings. The Bertz CT molecular complexity index is 330. The largest absolute Gasteiger partial charge is 0.491 e. The molecule has 0 aliphatic heterocycles. The molecule has 1 rings (SSSR count). The van der Waals surface area contributed by atoms with Crippen LogP contribution < -0.4 is 5.46 Å². The molecule has 0 radical (unpaired) electrons. The van der Waals surface area contributed by atoms with Crippen LogP contribution in [-0.2, 0) is 4.65 Å². The Labute approximate surface area is 116 Å². The van der Waals surface area contributed by atoms with Crippen molar-refractivity contribution in [2.75, 3.05) is 19.8 Å². The molecule has 0 spiro atoms. The van der Waals surface area contributed by atoms with Gasteiger partial charge in [-0.15, -0.1) is 0 Å². The maximum atomic E-state index is 9.75. The maximum Gasteiger partial charge on any atom is 0.491 e. The monoisotopic (exact) mass is 268 g/mol. The summed E-state index contributed by atoms with van der Waals surface area (Å²) in [5, 5.41) is 25.0. The minimum atomic E-state index is -0.815. The number of hydrogen-bond donors (Lipinski definition) is 3. The second kappa shape index (κ2) is 9.10. The molecule has 108 valence electrons. The molecule has 1 aromatic rings. The molecule has 0 amide bonds. The zero-order valence-corrected chi connectivity index (χ0v) is 12.3. The lowest BCUT2D eigenvalue weighted by Crippen LogP contribution is -2.36. The Hall–Kier alpha value is -0.875. The molecule has 0 bridgehead atoms. The lowest BCUT2D eigenvalue weighted by molar-refractivity contribution is 0.174. The van der Waals surface area contributed by atoms with E-state index in [-0.39, 0.29) is 18.6 Å². The standard InChI is InChI=1S/C12H19BO2.C2H6O2/c1-10-5-7-11(8-6-10)13(14)15-9-12(2,3)4;3-1-2-4/h5-8,14H,9H2,1-4H3;3-4H,1-2H2. The summed E-state index contributed by atoms with van der Waals surface area (Å²) in [6, 6.07) is 7.73. The Morgan fingerprint density at radius 1 is 1.05 bits per heavy atom. The van der Waals surface area contributed by atoms with Gasteiger partial charge in [-0.05, 0) is 17.8 Å². The first kappa shape index (κ1) is 18.1. The van der Waals surface area contributed by atoms with E-state index in [0.717, 1.165) is 5.46 Å². The van der Waals surface area contributed by atoms with Crippen LogP contribution in [0.15, 0.2) is 24.3 Å². The lowest BCUT2D eigenvalue weighted by atomic mass is 9.79. The summed E-state index contributed by atoms with van der Waals surface area (Å²) in [6.45, 7) is 8.55.